The quantitative estimate of drug-likeness (QED) is 0.744. The summed E-state index contributed by atoms with van der Waals surface area (Å²) in [6.45, 7) is 2.97. The van der Waals surface area contributed by atoms with Gasteiger partial charge in [-0.3, -0.25) is 14.5 Å². The Labute approximate surface area is 184 Å². The number of anilines is 1. The summed E-state index contributed by atoms with van der Waals surface area (Å²) in [5.41, 5.74) is 1.95. The van der Waals surface area contributed by atoms with Crippen molar-refractivity contribution in [2.75, 3.05) is 38.2 Å². The van der Waals surface area contributed by atoms with Crippen molar-refractivity contribution in [1.29, 1.82) is 0 Å². The van der Waals surface area contributed by atoms with Crippen molar-refractivity contribution in [2.24, 2.45) is 5.92 Å². The lowest BCUT2D eigenvalue weighted by Crippen LogP contribution is -2.42. The lowest BCUT2D eigenvalue weighted by molar-refractivity contribution is -0.126. The molecule has 0 bridgehead atoms. The molecule has 0 aliphatic carbocycles. The van der Waals surface area contributed by atoms with Gasteiger partial charge in [-0.15, -0.1) is 0 Å². The van der Waals surface area contributed by atoms with Crippen molar-refractivity contribution in [3.05, 3.63) is 60.2 Å². The minimum Gasteiger partial charge on any atom is -0.496 e. The van der Waals surface area contributed by atoms with Gasteiger partial charge in [-0.05, 0) is 44.1 Å². The maximum Gasteiger partial charge on any atom is 0.227 e. The minimum atomic E-state index is -0.326. The van der Waals surface area contributed by atoms with Crippen LogP contribution in [0, 0.1) is 5.92 Å². The fraction of sp³-hybridized carbons (Fsp3) is 0.440. The lowest BCUT2D eigenvalue weighted by Gasteiger charge is -2.35. The highest BCUT2D eigenvalue weighted by atomic mass is 16.5. The molecule has 2 aromatic carbocycles. The Bertz CT molecular complexity index is 896. The molecule has 31 heavy (non-hydrogen) atoms. The van der Waals surface area contributed by atoms with Crippen LogP contribution in [0.25, 0.3) is 0 Å². The van der Waals surface area contributed by atoms with Crippen molar-refractivity contribution in [3.8, 4) is 5.75 Å². The second-order valence-corrected chi connectivity index (χ2v) is 8.34. The first-order chi connectivity index (χ1) is 15.2. The minimum absolute atomic E-state index is 0.00339. The van der Waals surface area contributed by atoms with Crippen molar-refractivity contribution in [3.63, 3.8) is 0 Å². The van der Waals surface area contributed by atoms with Gasteiger partial charge in [0.15, 0.2) is 0 Å². The molecule has 6 nitrogen and oxygen atoms in total. The smallest absolute Gasteiger partial charge is 0.227 e. The number of amides is 2. The Morgan fingerprint density at radius 1 is 1.06 bits per heavy atom. The van der Waals surface area contributed by atoms with Crippen molar-refractivity contribution in [2.45, 2.75) is 31.7 Å². The molecule has 0 radical (unpaired) electrons. The molecule has 2 aliphatic heterocycles. The zero-order valence-corrected chi connectivity index (χ0v) is 18.1. The second-order valence-electron chi connectivity index (χ2n) is 8.34. The van der Waals surface area contributed by atoms with Gasteiger partial charge in [0.1, 0.15) is 5.75 Å². The van der Waals surface area contributed by atoms with Crippen LogP contribution in [0.1, 0.15) is 37.3 Å². The van der Waals surface area contributed by atoms with E-state index in [2.05, 4.69) is 16.3 Å². The zero-order chi connectivity index (χ0) is 21.6. The van der Waals surface area contributed by atoms with Crippen LogP contribution in [0.2, 0.25) is 0 Å². The number of nitrogens with one attached hydrogen (secondary N) is 1. The highest BCUT2D eigenvalue weighted by Gasteiger charge is 2.35. The number of rotatable bonds is 7. The van der Waals surface area contributed by atoms with Crippen molar-refractivity contribution in [1.82, 2.24) is 10.2 Å². The molecule has 2 saturated heterocycles. The van der Waals surface area contributed by atoms with Crippen molar-refractivity contribution < 1.29 is 14.3 Å². The molecule has 2 unspecified atom stereocenters. The third kappa shape index (κ3) is 4.90. The van der Waals surface area contributed by atoms with E-state index in [1.54, 1.807) is 12.0 Å². The Hall–Kier alpha value is -2.86. The molecule has 6 heteroatoms. The Morgan fingerprint density at radius 3 is 2.52 bits per heavy atom. The van der Waals surface area contributed by atoms with Crippen LogP contribution in [0.15, 0.2) is 54.6 Å². The number of nitrogens with zero attached hydrogens (tertiary/aromatic N) is 2. The van der Waals surface area contributed by atoms with E-state index in [-0.39, 0.29) is 30.2 Å². The van der Waals surface area contributed by atoms with E-state index >= 15 is 0 Å². The summed E-state index contributed by atoms with van der Waals surface area (Å²) in [7, 11) is 1.69. The van der Waals surface area contributed by atoms with Gasteiger partial charge in [0, 0.05) is 30.8 Å². The van der Waals surface area contributed by atoms with Gasteiger partial charge in [0.25, 0.3) is 0 Å². The van der Waals surface area contributed by atoms with E-state index in [9.17, 15) is 9.59 Å². The summed E-state index contributed by atoms with van der Waals surface area (Å²) in [6, 6.07) is 17.7. The van der Waals surface area contributed by atoms with Crippen LogP contribution >= 0.6 is 0 Å². The SMILES string of the molecule is COc1ccccc1C(CNC(=O)C1CC(=O)N(c2ccccc2)C1)N1CCCCC1. The molecule has 0 spiro atoms. The highest BCUT2D eigenvalue weighted by Crippen LogP contribution is 2.31. The second kappa shape index (κ2) is 9.96. The number of methoxy groups -OCH3 is 1. The third-order valence-corrected chi connectivity index (χ3v) is 6.36. The van der Waals surface area contributed by atoms with Crippen molar-refractivity contribution >= 4 is 17.5 Å². The average Bonchev–Trinajstić information content (AvgIpc) is 3.22. The first-order valence-corrected chi connectivity index (χ1v) is 11.2. The summed E-state index contributed by atoms with van der Waals surface area (Å²) < 4.78 is 5.61. The lowest BCUT2D eigenvalue weighted by atomic mass is 10.00. The van der Waals surface area contributed by atoms with Gasteiger partial charge in [-0.2, -0.15) is 0 Å². The van der Waals surface area contributed by atoms with Gasteiger partial charge in [-0.25, -0.2) is 0 Å². The molecule has 2 atom stereocenters. The number of likely N-dealkylation sites (tertiary alicyclic amines) is 1. The van der Waals surface area contributed by atoms with Crippen LogP contribution in [0.3, 0.4) is 0 Å². The number of carbonyl (C=O) groups excluding carboxylic acids is 2. The standard InChI is InChI=1S/C25H31N3O3/c1-31-23-13-7-6-12-21(23)22(27-14-8-3-9-15-27)17-26-25(30)19-16-24(29)28(18-19)20-10-4-2-5-11-20/h2,4-7,10-13,19,22H,3,8-9,14-18H2,1H3,(H,26,30). The third-order valence-electron chi connectivity index (χ3n) is 6.36. The predicted octanol–water partition coefficient (Wildman–Crippen LogP) is 3.39. The highest BCUT2D eigenvalue weighted by molar-refractivity contribution is 6.00. The summed E-state index contributed by atoms with van der Waals surface area (Å²) >= 11 is 0. The molecule has 2 aliphatic rings. The van der Waals surface area contributed by atoms with Gasteiger partial charge >= 0.3 is 0 Å². The van der Waals surface area contributed by atoms with E-state index in [4.69, 9.17) is 4.74 Å². The maximum absolute atomic E-state index is 13.0. The molecular formula is C25H31N3O3. The van der Waals surface area contributed by atoms with Crippen LogP contribution in [-0.4, -0.2) is 50.0 Å². The van der Waals surface area contributed by atoms with E-state index in [1.807, 2.05) is 48.5 Å². The number of hydrogen-bond donors (Lipinski definition) is 1. The fourth-order valence-electron chi connectivity index (χ4n) is 4.69. The number of carbonyl (C=O) groups is 2. The van der Waals surface area contributed by atoms with Gasteiger partial charge < -0.3 is 15.0 Å². The number of hydrogen-bond acceptors (Lipinski definition) is 4. The Morgan fingerprint density at radius 2 is 1.77 bits per heavy atom. The van der Waals surface area contributed by atoms with Crippen LogP contribution in [0.5, 0.6) is 5.75 Å². The molecule has 1 N–H and O–H groups in total. The summed E-state index contributed by atoms with van der Waals surface area (Å²) in [5, 5.41) is 3.15. The monoisotopic (exact) mass is 421 g/mol. The zero-order valence-electron chi connectivity index (χ0n) is 18.1. The predicted molar refractivity (Wildman–Crippen MR) is 121 cm³/mol. The van der Waals surface area contributed by atoms with Crippen LogP contribution in [0.4, 0.5) is 5.69 Å². The molecule has 2 fully saturated rings. The van der Waals surface area contributed by atoms with Crippen LogP contribution < -0.4 is 15.0 Å². The number of para-hydroxylation sites is 2. The average molecular weight is 422 g/mol. The summed E-state index contributed by atoms with van der Waals surface area (Å²) in [4.78, 5) is 29.7. The van der Waals surface area contributed by atoms with E-state index in [0.29, 0.717) is 13.1 Å². The molecule has 164 valence electrons. The first kappa shape index (κ1) is 21.4. The maximum atomic E-state index is 13.0. The molecular weight excluding hydrogens is 390 g/mol. The molecule has 0 aromatic heterocycles. The summed E-state index contributed by atoms with van der Waals surface area (Å²) in [5.74, 6) is 0.471. The number of ether oxygens (including phenoxy) is 1. The normalized spacial score (nSPS) is 20.5. The number of benzene rings is 2. The molecule has 2 amide bonds. The van der Waals surface area contributed by atoms with E-state index in [1.165, 1.54) is 19.3 Å². The molecule has 4 rings (SSSR count). The first-order valence-electron chi connectivity index (χ1n) is 11.2. The van der Waals surface area contributed by atoms with E-state index in [0.717, 1.165) is 30.1 Å². The topological polar surface area (TPSA) is 61.9 Å². The van der Waals surface area contributed by atoms with Gasteiger partial charge in [0.05, 0.1) is 19.1 Å². The largest absolute Gasteiger partial charge is 0.496 e. The fourth-order valence-corrected chi connectivity index (χ4v) is 4.69. The Balaban J connectivity index is 1.44. The molecule has 0 saturated carbocycles. The Kier molecular flexibility index (Phi) is 6.87. The molecule has 2 heterocycles. The van der Waals surface area contributed by atoms with Crippen LogP contribution in [-0.2, 0) is 9.59 Å². The van der Waals surface area contributed by atoms with Gasteiger partial charge in [0.2, 0.25) is 11.8 Å². The van der Waals surface area contributed by atoms with Gasteiger partial charge in [-0.1, -0.05) is 42.8 Å². The summed E-state index contributed by atoms with van der Waals surface area (Å²) in [6.07, 6.45) is 3.84. The molecule has 2 aromatic rings. The number of piperidine rings is 1. The van der Waals surface area contributed by atoms with E-state index < -0.39 is 0 Å².